The number of halogens is 1. The Morgan fingerprint density at radius 3 is 2.76 bits per heavy atom. The quantitative estimate of drug-likeness (QED) is 0.798. The molecule has 6 nitrogen and oxygen atoms in total. The number of anilines is 1. The molecular formula is C13H11FN6S. The zero-order chi connectivity index (χ0) is 14.7. The van der Waals surface area contributed by atoms with E-state index in [1.807, 2.05) is 0 Å². The topological polar surface area (TPSA) is 68.5 Å². The van der Waals surface area contributed by atoms with Crippen molar-refractivity contribution in [3.63, 3.8) is 0 Å². The fraction of sp³-hybridized carbons (Fsp3) is 0.0769. The molecule has 2 heterocycles. The number of nitrogens with one attached hydrogen (secondary N) is 1. The van der Waals surface area contributed by atoms with Gasteiger partial charge in [0, 0.05) is 19.4 Å². The van der Waals surface area contributed by atoms with Crippen LogP contribution in [0.25, 0.3) is 5.95 Å². The Hall–Kier alpha value is -2.48. The summed E-state index contributed by atoms with van der Waals surface area (Å²) >= 11 is 1.14. The van der Waals surface area contributed by atoms with Crippen molar-refractivity contribution >= 4 is 17.7 Å². The van der Waals surface area contributed by atoms with Crippen molar-refractivity contribution in [2.45, 2.75) is 10.1 Å². The van der Waals surface area contributed by atoms with E-state index in [-0.39, 0.29) is 5.82 Å². The van der Waals surface area contributed by atoms with Gasteiger partial charge in [0.15, 0.2) is 5.16 Å². The lowest BCUT2D eigenvalue weighted by Gasteiger charge is -2.07. The predicted molar refractivity (Wildman–Crippen MR) is 77.0 cm³/mol. The van der Waals surface area contributed by atoms with Gasteiger partial charge in [0.1, 0.15) is 12.1 Å². The molecule has 1 N–H and O–H groups in total. The molecule has 2 aromatic heterocycles. The molecule has 0 radical (unpaired) electrons. The van der Waals surface area contributed by atoms with Crippen LogP contribution in [0.3, 0.4) is 0 Å². The number of aromatic nitrogens is 5. The number of nitrogens with zero attached hydrogens (tertiary/aromatic N) is 5. The van der Waals surface area contributed by atoms with Crippen LogP contribution in [-0.2, 0) is 0 Å². The number of imidazole rings is 1. The summed E-state index contributed by atoms with van der Waals surface area (Å²) in [7, 11) is 1.71. The van der Waals surface area contributed by atoms with Crippen molar-refractivity contribution < 1.29 is 4.39 Å². The smallest absolute Gasteiger partial charge is 0.240 e. The van der Waals surface area contributed by atoms with Crippen molar-refractivity contribution in [1.29, 1.82) is 0 Å². The lowest BCUT2D eigenvalue weighted by molar-refractivity contribution is 0.601. The third-order valence-electron chi connectivity index (χ3n) is 2.60. The molecule has 0 fully saturated rings. The van der Waals surface area contributed by atoms with Crippen molar-refractivity contribution in [1.82, 2.24) is 24.5 Å². The van der Waals surface area contributed by atoms with E-state index in [9.17, 15) is 4.39 Å². The average molecular weight is 302 g/mol. The molecule has 3 rings (SSSR count). The van der Waals surface area contributed by atoms with Gasteiger partial charge in [0.2, 0.25) is 11.9 Å². The molecule has 0 aliphatic carbocycles. The average Bonchev–Trinajstić information content (AvgIpc) is 3.04. The highest BCUT2D eigenvalue weighted by Gasteiger charge is 2.10. The van der Waals surface area contributed by atoms with E-state index in [1.54, 1.807) is 48.5 Å². The molecule has 0 bridgehead atoms. The first kappa shape index (κ1) is 13.5. The van der Waals surface area contributed by atoms with Crippen LogP contribution in [0.4, 0.5) is 10.3 Å². The fourth-order valence-corrected chi connectivity index (χ4v) is 2.39. The lowest BCUT2D eigenvalue weighted by Crippen LogP contribution is -2.06. The van der Waals surface area contributed by atoms with Crippen LogP contribution in [0.15, 0.2) is 53.0 Å². The highest BCUT2D eigenvalue weighted by molar-refractivity contribution is 7.99. The molecule has 21 heavy (non-hydrogen) atoms. The maximum Gasteiger partial charge on any atom is 0.240 e. The second-order valence-electron chi connectivity index (χ2n) is 3.99. The first-order chi connectivity index (χ1) is 10.3. The second kappa shape index (κ2) is 5.88. The number of hydrogen-bond donors (Lipinski definition) is 1. The van der Waals surface area contributed by atoms with E-state index in [2.05, 4.69) is 25.3 Å². The summed E-state index contributed by atoms with van der Waals surface area (Å²) in [5.74, 6) is 0.524. The molecule has 0 atom stereocenters. The Kier molecular flexibility index (Phi) is 3.78. The minimum atomic E-state index is -0.307. The molecule has 8 heteroatoms. The monoisotopic (exact) mass is 302 g/mol. The number of rotatable bonds is 4. The maximum absolute atomic E-state index is 13.7. The van der Waals surface area contributed by atoms with Gasteiger partial charge in [-0.25, -0.2) is 9.37 Å². The lowest BCUT2D eigenvalue weighted by atomic mass is 10.4. The maximum atomic E-state index is 13.7. The Morgan fingerprint density at radius 2 is 2.05 bits per heavy atom. The van der Waals surface area contributed by atoms with Crippen molar-refractivity contribution in [3.05, 3.63) is 48.8 Å². The van der Waals surface area contributed by atoms with Gasteiger partial charge in [-0.3, -0.25) is 4.57 Å². The molecule has 0 aliphatic rings. The molecule has 3 aromatic rings. The largest absolute Gasteiger partial charge is 0.357 e. The number of benzene rings is 1. The van der Waals surface area contributed by atoms with Crippen molar-refractivity contribution in [2.75, 3.05) is 12.4 Å². The zero-order valence-corrected chi connectivity index (χ0v) is 11.9. The Morgan fingerprint density at radius 1 is 1.19 bits per heavy atom. The van der Waals surface area contributed by atoms with Crippen LogP contribution in [0, 0.1) is 5.82 Å². The minimum absolute atomic E-state index is 0.307. The number of hydrogen-bond acceptors (Lipinski definition) is 6. The first-order valence-electron chi connectivity index (χ1n) is 6.11. The molecule has 106 valence electrons. The molecular weight excluding hydrogens is 291 g/mol. The summed E-state index contributed by atoms with van der Waals surface area (Å²) in [6.45, 7) is 0. The van der Waals surface area contributed by atoms with Crippen LogP contribution in [0.5, 0.6) is 0 Å². The van der Waals surface area contributed by atoms with Gasteiger partial charge < -0.3 is 5.32 Å². The normalized spacial score (nSPS) is 10.6. The molecule has 0 saturated heterocycles. The van der Waals surface area contributed by atoms with Gasteiger partial charge in [-0.1, -0.05) is 12.1 Å². The van der Waals surface area contributed by atoms with E-state index >= 15 is 0 Å². The fourth-order valence-electron chi connectivity index (χ4n) is 1.62. The third-order valence-corrected chi connectivity index (χ3v) is 3.52. The van der Waals surface area contributed by atoms with Gasteiger partial charge in [-0.05, 0) is 23.9 Å². The van der Waals surface area contributed by atoms with Crippen LogP contribution in [0.1, 0.15) is 0 Å². The van der Waals surface area contributed by atoms with Crippen LogP contribution in [-0.4, -0.2) is 31.6 Å². The molecule has 0 aliphatic heterocycles. The summed E-state index contributed by atoms with van der Waals surface area (Å²) in [4.78, 5) is 17.2. The van der Waals surface area contributed by atoms with E-state index < -0.39 is 0 Å². The second-order valence-corrected chi connectivity index (χ2v) is 5.00. The molecule has 0 amide bonds. The van der Waals surface area contributed by atoms with Crippen LogP contribution >= 0.6 is 11.8 Å². The van der Waals surface area contributed by atoms with Gasteiger partial charge >= 0.3 is 0 Å². The van der Waals surface area contributed by atoms with Gasteiger partial charge in [0.05, 0.1) is 4.90 Å². The van der Waals surface area contributed by atoms with Crippen molar-refractivity contribution in [3.8, 4) is 5.95 Å². The van der Waals surface area contributed by atoms with Gasteiger partial charge in [-0.2, -0.15) is 15.0 Å². The summed E-state index contributed by atoms with van der Waals surface area (Å²) in [5.41, 5.74) is 0. The van der Waals surface area contributed by atoms with Crippen molar-refractivity contribution in [2.24, 2.45) is 0 Å². The third kappa shape index (κ3) is 3.00. The Labute approximate surface area is 124 Å². The molecule has 0 spiro atoms. The van der Waals surface area contributed by atoms with E-state index in [0.717, 1.165) is 11.8 Å². The Balaban J connectivity index is 1.99. The zero-order valence-electron chi connectivity index (χ0n) is 11.1. The summed E-state index contributed by atoms with van der Waals surface area (Å²) < 4.78 is 15.4. The van der Waals surface area contributed by atoms with Crippen LogP contribution < -0.4 is 5.32 Å². The Bertz CT molecular complexity index is 746. The highest BCUT2D eigenvalue weighted by Crippen LogP contribution is 2.27. The molecule has 0 saturated carbocycles. The molecule has 0 unspecified atom stereocenters. The summed E-state index contributed by atoms with van der Waals surface area (Å²) in [6, 6.07) is 6.49. The summed E-state index contributed by atoms with van der Waals surface area (Å²) in [6.07, 6.45) is 4.95. The molecule has 1 aromatic carbocycles. The van der Waals surface area contributed by atoms with Crippen LogP contribution in [0.2, 0.25) is 0 Å². The van der Waals surface area contributed by atoms with E-state index in [0.29, 0.717) is 21.9 Å². The van der Waals surface area contributed by atoms with E-state index in [4.69, 9.17) is 0 Å². The highest BCUT2D eigenvalue weighted by atomic mass is 32.2. The van der Waals surface area contributed by atoms with E-state index in [1.165, 1.54) is 6.07 Å². The van der Waals surface area contributed by atoms with Gasteiger partial charge in [0.25, 0.3) is 0 Å². The predicted octanol–water partition coefficient (Wildman–Crippen LogP) is 2.39. The summed E-state index contributed by atoms with van der Waals surface area (Å²) in [5, 5.41) is 3.27. The first-order valence-corrected chi connectivity index (χ1v) is 6.92. The van der Waals surface area contributed by atoms with Gasteiger partial charge in [-0.15, -0.1) is 0 Å². The SMILES string of the molecule is CNc1nc(Sc2ccccc2F)nc(-n2ccnc2)n1. The minimum Gasteiger partial charge on any atom is -0.357 e. The standard InChI is InChI=1S/C13H11FN6S/c1-15-11-17-12(20-7-6-16-8-20)19-13(18-11)21-10-5-3-2-4-9(10)14/h2-8H,1H3,(H,15,17,18,19).